The predicted octanol–water partition coefficient (Wildman–Crippen LogP) is 1.90. The van der Waals surface area contributed by atoms with Crippen molar-refractivity contribution in [1.29, 1.82) is 0 Å². The zero-order chi connectivity index (χ0) is 15.3. The largest absolute Gasteiger partial charge is 0.468 e. The Morgan fingerprint density at radius 2 is 1.70 bits per heavy atom. The number of rotatable bonds is 5. The molecule has 1 N–H and O–H groups in total. The van der Waals surface area contributed by atoms with E-state index in [0.29, 0.717) is 10.6 Å². The van der Waals surface area contributed by atoms with Crippen LogP contribution in [0.25, 0.3) is 0 Å². The van der Waals surface area contributed by atoms with Crippen molar-refractivity contribution in [2.24, 2.45) is 5.92 Å². The van der Waals surface area contributed by atoms with Gasteiger partial charge in [-0.3, -0.25) is 14.4 Å². The summed E-state index contributed by atoms with van der Waals surface area (Å²) in [7, 11) is 1.20. The molecule has 1 rings (SSSR count). The Bertz CT molecular complexity index is 512. The highest BCUT2D eigenvalue weighted by Gasteiger charge is 2.35. The van der Waals surface area contributed by atoms with E-state index in [4.69, 9.17) is 11.6 Å². The summed E-state index contributed by atoms with van der Waals surface area (Å²) in [4.78, 5) is 34.9. The number of carbonyl (C=O) groups excluding carboxylic acids is 3. The van der Waals surface area contributed by atoms with E-state index in [0.717, 1.165) is 0 Å². The standard InChI is InChI=1S/C14H16ClNO4/c1-8(17)12(14(19)20-3)13(16-9(2)18)10-4-6-11(15)7-5-10/h4-7,12-13H,1-3H3,(H,16,18)/t12-,13-/m0/s1. The highest BCUT2D eigenvalue weighted by atomic mass is 35.5. The predicted molar refractivity (Wildman–Crippen MR) is 74.2 cm³/mol. The Labute approximate surface area is 122 Å². The molecule has 0 spiro atoms. The molecule has 0 aliphatic carbocycles. The van der Waals surface area contributed by atoms with Gasteiger partial charge in [-0.2, -0.15) is 0 Å². The van der Waals surface area contributed by atoms with E-state index in [9.17, 15) is 14.4 Å². The summed E-state index contributed by atoms with van der Waals surface area (Å²) >= 11 is 5.81. The smallest absolute Gasteiger partial charge is 0.318 e. The zero-order valence-corrected chi connectivity index (χ0v) is 12.2. The van der Waals surface area contributed by atoms with Gasteiger partial charge < -0.3 is 10.1 Å². The van der Waals surface area contributed by atoms with Crippen LogP contribution >= 0.6 is 11.6 Å². The first-order valence-electron chi connectivity index (χ1n) is 5.97. The Balaban J connectivity index is 3.21. The SMILES string of the molecule is COC(=O)[C@@H](C(C)=O)[C@@H](NC(C)=O)c1ccc(Cl)cc1. The van der Waals surface area contributed by atoms with Gasteiger partial charge in [-0.1, -0.05) is 23.7 Å². The van der Waals surface area contributed by atoms with Gasteiger partial charge >= 0.3 is 5.97 Å². The molecular formula is C14H16ClNO4. The van der Waals surface area contributed by atoms with Crippen molar-refractivity contribution in [2.75, 3.05) is 7.11 Å². The van der Waals surface area contributed by atoms with E-state index in [1.807, 2.05) is 0 Å². The molecule has 5 nitrogen and oxygen atoms in total. The molecule has 0 aliphatic rings. The summed E-state index contributed by atoms with van der Waals surface area (Å²) in [5.74, 6) is -2.51. The maximum atomic E-state index is 11.8. The summed E-state index contributed by atoms with van der Waals surface area (Å²) in [6.07, 6.45) is 0. The molecule has 108 valence electrons. The fraction of sp³-hybridized carbons (Fsp3) is 0.357. The van der Waals surface area contributed by atoms with E-state index in [1.54, 1.807) is 24.3 Å². The van der Waals surface area contributed by atoms with Gasteiger partial charge in [-0.25, -0.2) is 0 Å². The number of ether oxygens (including phenoxy) is 1. The van der Waals surface area contributed by atoms with E-state index < -0.39 is 17.9 Å². The lowest BCUT2D eigenvalue weighted by molar-refractivity contribution is -0.150. The fourth-order valence-corrected chi connectivity index (χ4v) is 2.04. The summed E-state index contributed by atoms with van der Waals surface area (Å²) in [5, 5.41) is 3.13. The Morgan fingerprint density at radius 3 is 2.10 bits per heavy atom. The van der Waals surface area contributed by atoms with Gasteiger partial charge in [0.15, 0.2) is 0 Å². The monoisotopic (exact) mass is 297 g/mol. The number of halogens is 1. The minimum absolute atomic E-state index is 0.347. The molecule has 0 aromatic heterocycles. The van der Waals surface area contributed by atoms with Crippen LogP contribution in [-0.4, -0.2) is 24.8 Å². The molecule has 1 aromatic carbocycles. The maximum absolute atomic E-state index is 11.8. The summed E-state index contributed by atoms with van der Waals surface area (Å²) in [6, 6.07) is 5.78. The van der Waals surface area contributed by atoms with Gasteiger partial charge in [0, 0.05) is 11.9 Å². The second-order valence-corrected chi connectivity index (χ2v) is 4.78. The van der Waals surface area contributed by atoms with Crippen molar-refractivity contribution in [3.63, 3.8) is 0 Å². The highest BCUT2D eigenvalue weighted by molar-refractivity contribution is 6.30. The number of esters is 1. The number of amides is 1. The number of carbonyl (C=O) groups is 3. The molecule has 0 saturated carbocycles. The fourth-order valence-electron chi connectivity index (χ4n) is 1.91. The molecule has 20 heavy (non-hydrogen) atoms. The van der Waals surface area contributed by atoms with Gasteiger partial charge in [0.25, 0.3) is 0 Å². The summed E-state index contributed by atoms with van der Waals surface area (Å²) in [5.41, 5.74) is 0.607. The number of ketones is 1. The van der Waals surface area contributed by atoms with Crippen LogP contribution in [0.3, 0.4) is 0 Å². The first kappa shape index (κ1) is 16.2. The third-order valence-corrected chi connectivity index (χ3v) is 3.07. The molecule has 0 fully saturated rings. The number of benzene rings is 1. The van der Waals surface area contributed by atoms with E-state index in [-0.39, 0.29) is 11.7 Å². The Hall–Kier alpha value is -1.88. The van der Waals surface area contributed by atoms with Crippen molar-refractivity contribution >= 4 is 29.3 Å². The minimum atomic E-state index is -1.09. The van der Waals surface area contributed by atoms with Gasteiger partial charge in [0.1, 0.15) is 11.7 Å². The number of hydrogen-bond acceptors (Lipinski definition) is 4. The van der Waals surface area contributed by atoms with Crippen LogP contribution in [0.15, 0.2) is 24.3 Å². The number of nitrogens with one attached hydrogen (secondary N) is 1. The average Bonchev–Trinajstić information content (AvgIpc) is 2.37. The van der Waals surface area contributed by atoms with E-state index in [1.165, 1.54) is 21.0 Å². The van der Waals surface area contributed by atoms with Gasteiger partial charge in [-0.15, -0.1) is 0 Å². The average molecular weight is 298 g/mol. The van der Waals surface area contributed by atoms with Crippen LogP contribution in [0, 0.1) is 5.92 Å². The van der Waals surface area contributed by atoms with Crippen molar-refractivity contribution in [2.45, 2.75) is 19.9 Å². The molecule has 0 saturated heterocycles. The lowest BCUT2D eigenvalue weighted by Crippen LogP contribution is -2.39. The number of methoxy groups -OCH3 is 1. The van der Waals surface area contributed by atoms with Crippen LogP contribution in [0.5, 0.6) is 0 Å². The first-order chi connectivity index (χ1) is 9.36. The van der Waals surface area contributed by atoms with Gasteiger partial charge in [-0.05, 0) is 24.6 Å². The van der Waals surface area contributed by atoms with Gasteiger partial charge in [0.2, 0.25) is 5.91 Å². The first-order valence-corrected chi connectivity index (χ1v) is 6.35. The van der Waals surface area contributed by atoms with Crippen LogP contribution in [-0.2, 0) is 19.1 Å². The number of Topliss-reactive ketones (excluding diaryl/α,β-unsaturated/α-hetero) is 1. The molecule has 6 heteroatoms. The van der Waals surface area contributed by atoms with Crippen molar-refractivity contribution in [3.8, 4) is 0 Å². The Kier molecular flexibility index (Phi) is 5.70. The van der Waals surface area contributed by atoms with Crippen molar-refractivity contribution in [3.05, 3.63) is 34.9 Å². The van der Waals surface area contributed by atoms with Crippen molar-refractivity contribution < 1.29 is 19.1 Å². The molecule has 0 bridgehead atoms. The molecule has 1 aromatic rings. The van der Waals surface area contributed by atoms with Crippen LogP contribution in [0.1, 0.15) is 25.5 Å². The maximum Gasteiger partial charge on any atom is 0.318 e. The lowest BCUT2D eigenvalue weighted by atomic mass is 9.90. The molecule has 0 radical (unpaired) electrons. The second kappa shape index (κ2) is 7.05. The highest BCUT2D eigenvalue weighted by Crippen LogP contribution is 2.25. The number of hydrogen-bond donors (Lipinski definition) is 1. The molecule has 0 aliphatic heterocycles. The van der Waals surface area contributed by atoms with E-state index in [2.05, 4.69) is 10.1 Å². The molecule has 1 amide bonds. The summed E-state index contributed by atoms with van der Waals surface area (Å²) < 4.78 is 4.64. The zero-order valence-electron chi connectivity index (χ0n) is 11.5. The topological polar surface area (TPSA) is 72.5 Å². The lowest BCUT2D eigenvalue weighted by Gasteiger charge is -2.24. The molecule has 0 heterocycles. The van der Waals surface area contributed by atoms with Crippen LogP contribution in [0.2, 0.25) is 5.02 Å². The molecule has 2 atom stereocenters. The van der Waals surface area contributed by atoms with Crippen LogP contribution < -0.4 is 5.32 Å². The molecular weight excluding hydrogens is 282 g/mol. The third kappa shape index (κ3) is 4.06. The Morgan fingerprint density at radius 1 is 1.15 bits per heavy atom. The second-order valence-electron chi connectivity index (χ2n) is 4.34. The normalized spacial score (nSPS) is 13.2. The summed E-state index contributed by atoms with van der Waals surface area (Å²) in [6.45, 7) is 2.60. The molecule has 0 unspecified atom stereocenters. The third-order valence-electron chi connectivity index (χ3n) is 2.81. The quantitative estimate of drug-likeness (QED) is 0.665. The van der Waals surface area contributed by atoms with Crippen LogP contribution in [0.4, 0.5) is 0 Å². The van der Waals surface area contributed by atoms with Crippen molar-refractivity contribution in [1.82, 2.24) is 5.32 Å². The van der Waals surface area contributed by atoms with E-state index >= 15 is 0 Å². The van der Waals surface area contributed by atoms with Gasteiger partial charge in [0.05, 0.1) is 13.2 Å². The minimum Gasteiger partial charge on any atom is -0.468 e.